The minimum absolute atomic E-state index is 0.288. The Morgan fingerprint density at radius 1 is 1.69 bits per heavy atom. The van der Waals surface area contributed by atoms with Gasteiger partial charge in [-0.3, -0.25) is 9.48 Å². The van der Waals surface area contributed by atoms with Crippen LogP contribution in [0.3, 0.4) is 0 Å². The molecular formula is C10H18N4O2. The average molecular weight is 226 g/mol. The molecule has 0 saturated heterocycles. The van der Waals surface area contributed by atoms with E-state index in [1.165, 1.54) is 0 Å². The molecule has 1 atom stereocenters. The summed E-state index contributed by atoms with van der Waals surface area (Å²) in [7, 11) is 0. The van der Waals surface area contributed by atoms with E-state index >= 15 is 0 Å². The maximum Gasteiger partial charge on any atom is 0.237 e. The van der Waals surface area contributed by atoms with Crippen LogP contribution in [0, 0.1) is 0 Å². The van der Waals surface area contributed by atoms with Crippen LogP contribution >= 0.6 is 0 Å². The van der Waals surface area contributed by atoms with Crippen molar-refractivity contribution < 1.29 is 9.90 Å². The molecule has 6 nitrogen and oxygen atoms in total. The summed E-state index contributed by atoms with van der Waals surface area (Å²) in [5.41, 5.74) is 4.38. The number of hydrogen-bond donors (Lipinski definition) is 3. The number of β-amino-alcohol motifs (C(OH)–C–C–N with tert-alkyl or cyclic N) is 1. The molecule has 1 unspecified atom stereocenters. The van der Waals surface area contributed by atoms with E-state index in [1.807, 2.05) is 0 Å². The number of amides is 1. The first kappa shape index (κ1) is 12.7. The molecule has 0 radical (unpaired) electrons. The summed E-state index contributed by atoms with van der Waals surface area (Å²) in [6.07, 6.45) is 2.80. The largest absolute Gasteiger partial charge is 0.390 e. The second kappa shape index (κ2) is 5.09. The monoisotopic (exact) mass is 226 g/mol. The molecule has 1 aromatic rings. The summed E-state index contributed by atoms with van der Waals surface area (Å²) >= 11 is 0. The normalized spacial score (nSPS) is 13.7. The molecular weight excluding hydrogens is 208 g/mol. The molecule has 0 fully saturated rings. The molecule has 90 valence electrons. The van der Waals surface area contributed by atoms with Gasteiger partial charge in [0, 0.05) is 18.9 Å². The lowest BCUT2D eigenvalue weighted by molar-refractivity contribution is -0.123. The quantitative estimate of drug-likeness (QED) is 0.586. The lowest BCUT2D eigenvalue weighted by Gasteiger charge is -2.24. The molecule has 1 aromatic heterocycles. The summed E-state index contributed by atoms with van der Waals surface area (Å²) in [5, 5.41) is 16.6. The SMILES string of the molecule is CC(C)(NCC(O)Cn1cccn1)C(N)=O. The number of aliphatic hydroxyl groups excluding tert-OH is 1. The Hall–Kier alpha value is -1.40. The Labute approximate surface area is 94.4 Å². The fraction of sp³-hybridized carbons (Fsp3) is 0.600. The maximum absolute atomic E-state index is 11.0. The number of aromatic nitrogens is 2. The Morgan fingerprint density at radius 3 is 2.88 bits per heavy atom. The van der Waals surface area contributed by atoms with Crippen molar-refractivity contribution in [1.82, 2.24) is 15.1 Å². The van der Waals surface area contributed by atoms with Gasteiger partial charge in [0.2, 0.25) is 5.91 Å². The molecule has 16 heavy (non-hydrogen) atoms. The molecule has 1 rings (SSSR count). The Kier molecular flexibility index (Phi) is 4.03. The van der Waals surface area contributed by atoms with Crippen LogP contribution in [0.2, 0.25) is 0 Å². The first-order chi connectivity index (χ1) is 7.42. The molecule has 1 amide bonds. The van der Waals surface area contributed by atoms with Crippen molar-refractivity contribution in [1.29, 1.82) is 0 Å². The third kappa shape index (κ3) is 3.63. The van der Waals surface area contributed by atoms with E-state index in [1.54, 1.807) is 37.0 Å². The van der Waals surface area contributed by atoms with Crippen molar-refractivity contribution in [3.05, 3.63) is 18.5 Å². The summed E-state index contributed by atoms with van der Waals surface area (Å²) < 4.78 is 1.63. The van der Waals surface area contributed by atoms with Gasteiger partial charge in [0.15, 0.2) is 0 Å². The second-order valence-corrected chi connectivity index (χ2v) is 4.25. The number of aliphatic hydroxyl groups is 1. The van der Waals surface area contributed by atoms with E-state index in [-0.39, 0.29) is 6.54 Å². The van der Waals surface area contributed by atoms with Crippen molar-refractivity contribution in [2.24, 2.45) is 5.73 Å². The van der Waals surface area contributed by atoms with E-state index in [9.17, 15) is 9.90 Å². The van der Waals surface area contributed by atoms with E-state index in [0.717, 1.165) is 0 Å². The summed E-state index contributed by atoms with van der Waals surface area (Å²) in [6.45, 7) is 4.02. The van der Waals surface area contributed by atoms with Crippen molar-refractivity contribution in [3.63, 3.8) is 0 Å². The van der Waals surface area contributed by atoms with Crippen molar-refractivity contribution in [3.8, 4) is 0 Å². The Balaban J connectivity index is 2.35. The second-order valence-electron chi connectivity index (χ2n) is 4.25. The van der Waals surface area contributed by atoms with Gasteiger partial charge in [-0.25, -0.2) is 0 Å². The van der Waals surface area contributed by atoms with Gasteiger partial charge >= 0.3 is 0 Å². The highest BCUT2D eigenvalue weighted by atomic mass is 16.3. The highest BCUT2D eigenvalue weighted by molar-refractivity contribution is 5.83. The van der Waals surface area contributed by atoms with Gasteiger partial charge in [-0.1, -0.05) is 0 Å². The Morgan fingerprint density at radius 2 is 2.38 bits per heavy atom. The van der Waals surface area contributed by atoms with E-state index in [4.69, 9.17) is 5.73 Å². The predicted molar refractivity (Wildman–Crippen MR) is 59.5 cm³/mol. The van der Waals surface area contributed by atoms with Gasteiger partial charge in [0.05, 0.1) is 18.2 Å². The van der Waals surface area contributed by atoms with Crippen LogP contribution in [0.15, 0.2) is 18.5 Å². The lowest BCUT2D eigenvalue weighted by atomic mass is 10.1. The van der Waals surface area contributed by atoms with Crippen LogP contribution in [-0.4, -0.2) is 39.0 Å². The standard InChI is InChI=1S/C10H18N4O2/c1-10(2,9(11)16)12-6-8(15)7-14-5-3-4-13-14/h3-5,8,12,15H,6-7H2,1-2H3,(H2,11,16). The minimum atomic E-state index is -0.814. The lowest BCUT2D eigenvalue weighted by Crippen LogP contribution is -2.53. The molecule has 0 aliphatic carbocycles. The van der Waals surface area contributed by atoms with Crippen LogP contribution < -0.4 is 11.1 Å². The zero-order valence-corrected chi connectivity index (χ0v) is 9.55. The number of nitrogens with zero attached hydrogens (tertiary/aromatic N) is 2. The van der Waals surface area contributed by atoms with Crippen LogP contribution in [0.25, 0.3) is 0 Å². The van der Waals surface area contributed by atoms with Crippen molar-refractivity contribution >= 4 is 5.91 Å². The number of carbonyl (C=O) groups is 1. The summed E-state index contributed by atoms with van der Waals surface area (Å²) in [6, 6.07) is 1.79. The highest BCUT2D eigenvalue weighted by Crippen LogP contribution is 2.00. The molecule has 0 aliphatic rings. The number of hydrogen-bond acceptors (Lipinski definition) is 4. The van der Waals surface area contributed by atoms with Crippen LogP contribution in [-0.2, 0) is 11.3 Å². The molecule has 0 aliphatic heterocycles. The van der Waals surface area contributed by atoms with Gasteiger partial charge in [-0.2, -0.15) is 5.10 Å². The van der Waals surface area contributed by atoms with Gasteiger partial charge < -0.3 is 16.2 Å². The number of carbonyl (C=O) groups excluding carboxylic acids is 1. The molecule has 1 heterocycles. The summed E-state index contributed by atoms with van der Waals surface area (Å²) in [4.78, 5) is 11.0. The molecule has 6 heteroatoms. The number of primary amides is 1. The number of nitrogens with two attached hydrogens (primary N) is 1. The zero-order chi connectivity index (χ0) is 12.2. The maximum atomic E-state index is 11.0. The highest BCUT2D eigenvalue weighted by Gasteiger charge is 2.24. The molecule has 0 bridgehead atoms. The first-order valence-corrected chi connectivity index (χ1v) is 5.12. The van der Waals surface area contributed by atoms with Crippen LogP contribution in [0.1, 0.15) is 13.8 Å². The van der Waals surface area contributed by atoms with Gasteiger partial charge in [0.1, 0.15) is 0 Å². The Bertz CT molecular complexity index is 335. The smallest absolute Gasteiger partial charge is 0.237 e. The van der Waals surface area contributed by atoms with Crippen molar-refractivity contribution in [2.75, 3.05) is 6.54 Å². The van der Waals surface area contributed by atoms with Gasteiger partial charge in [0.25, 0.3) is 0 Å². The average Bonchev–Trinajstić information content (AvgIpc) is 2.67. The number of nitrogens with one attached hydrogen (secondary N) is 1. The van der Waals surface area contributed by atoms with E-state index in [0.29, 0.717) is 6.54 Å². The molecule has 4 N–H and O–H groups in total. The number of rotatable bonds is 6. The van der Waals surface area contributed by atoms with E-state index < -0.39 is 17.6 Å². The third-order valence-corrected chi connectivity index (χ3v) is 2.35. The fourth-order valence-corrected chi connectivity index (χ4v) is 1.15. The van der Waals surface area contributed by atoms with Crippen LogP contribution in [0.5, 0.6) is 0 Å². The van der Waals surface area contributed by atoms with Gasteiger partial charge in [-0.05, 0) is 19.9 Å². The summed E-state index contributed by atoms with van der Waals surface area (Å²) in [5.74, 6) is -0.446. The first-order valence-electron chi connectivity index (χ1n) is 5.12. The molecule has 0 spiro atoms. The van der Waals surface area contributed by atoms with Crippen LogP contribution in [0.4, 0.5) is 0 Å². The topological polar surface area (TPSA) is 93.2 Å². The third-order valence-electron chi connectivity index (χ3n) is 2.35. The fourth-order valence-electron chi connectivity index (χ4n) is 1.15. The molecule has 0 aromatic carbocycles. The predicted octanol–water partition coefficient (Wildman–Crippen LogP) is -0.903. The van der Waals surface area contributed by atoms with Gasteiger partial charge in [-0.15, -0.1) is 0 Å². The van der Waals surface area contributed by atoms with E-state index in [2.05, 4.69) is 10.4 Å². The van der Waals surface area contributed by atoms with Crippen molar-refractivity contribution in [2.45, 2.75) is 32.0 Å². The molecule has 0 saturated carbocycles. The zero-order valence-electron chi connectivity index (χ0n) is 9.55. The minimum Gasteiger partial charge on any atom is -0.390 e.